The molecule has 1 aromatic rings. The highest BCUT2D eigenvalue weighted by atomic mass is 35.5. The predicted molar refractivity (Wildman–Crippen MR) is 75.6 cm³/mol. The van der Waals surface area contributed by atoms with E-state index >= 15 is 0 Å². The van der Waals surface area contributed by atoms with E-state index in [-0.39, 0.29) is 0 Å². The second-order valence-electron chi connectivity index (χ2n) is 4.95. The minimum atomic E-state index is -0.523. The number of alkyl halides is 1. The van der Waals surface area contributed by atoms with Crippen molar-refractivity contribution >= 4 is 35.0 Å². The quantitative estimate of drug-likeness (QED) is 0.753. The van der Waals surface area contributed by atoms with Gasteiger partial charge in [0.2, 0.25) is 0 Å². The molecule has 0 bridgehead atoms. The monoisotopic (exact) mass is 289 g/mol. The topological polar surface area (TPSA) is 29.5 Å². The smallest absolute Gasteiger partial charge is 0.414 e. The fourth-order valence-electron chi connectivity index (χ4n) is 1.29. The molecule has 1 rings (SSSR count). The Morgan fingerprint density at radius 3 is 2.44 bits per heavy atom. The molecule has 1 amide bonds. The van der Waals surface area contributed by atoms with E-state index in [1.165, 1.54) is 4.90 Å². The van der Waals surface area contributed by atoms with Gasteiger partial charge >= 0.3 is 6.09 Å². The molecule has 0 saturated carbocycles. The van der Waals surface area contributed by atoms with Crippen LogP contribution in [-0.4, -0.2) is 18.7 Å². The zero-order valence-corrected chi connectivity index (χ0v) is 12.5. The van der Waals surface area contributed by atoms with Crippen LogP contribution in [0.4, 0.5) is 10.5 Å². The third-order valence-corrected chi connectivity index (χ3v) is 2.88. The molecular formula is C13H17Cl2NO2. The van der Waals surface area contributed by atoms with Crippen LogP contribution in [0, 0.1) is 0 Å². The van der Waals surface area contributed by atoms with Crippen LogP contribution in [0.25, 0.3) is 0 Å². The van der Waals surface area contributed by atoms with Crippen molar-refractivity contribution in [1.82, 2.24) is 0 Å². The standard InChI is InChI=1S/C13H17Cl2NO2/c1-13(2,3)18-12(17)16(4)10-6-5-9(8-14)11(15)7-10/h5-7H,8H2,1-4H3. The molecule has 0 saturated heterocycles. The van der Waals surface area contributed by atoms with E-state index in [0.29, 0.717) is 16.6 Å². The maximum atomic E-state index is 11.9. The first-order chi connectivity index (χ1) is 8.24. The average molecular weight is 290 g/mol. The summed E-state index contributed by atoms with van der Waals surface area (Å²) in [6, 6.07) is 5.28. The first-order valence-electron chi connectivity index (χ1n) is 5.55. The highest BCUT2D eigenvalue weighted by Gasteiger charge is 2.20. The van der Waals surface area contributed by atoms with Crippen molar-refractivity contribution in [1.29, 1.82) is 0 Å². The molecular weight excluding hydrogens is 273 g/mol. The Morgan fingerprint density at radius 1 is 1.39 bits per heavy atom. The molecule has 0 unspecified atom stereocenters. The minimum absolute atomic E-state index is 0.343. The molecule has 1 aromatic carbocycles. The molecule has 18 heavy (non-hydrogen) atoms. The van der Waals surface area contributed by atoms with E-state index in [1.807, 2.05) is 20.8 Å². The lowest BCUT2D eigenvalue weighted by atomic mass is 10.2. The van der Waals surface area contributed by atoms with Crippen LogP contribution in [-0.2, 0) is 10.6 Å². The summed E-state index contributed by atoms with van der Waals surface area (Å²) < 4.78 is 5.27. The Kier molecular flexibility index (Phi) is 4.88. The second kappa shape index (κ2) is 5.81. The lowest BCUT2D eigenvalue weighted by Crippen LogP contribution is -2.34. The van der Waals surface area contributed by atoms with Crippen LogP contribution in [0.1, 0.15) is 26.3 Å². The number of anilines is 1. The van der Waals surface area contributed by atoms with E-state index in [4.69, 9.17) is 27.9 Å². The summed E-state index contributed by atoms with van der Waals surface area (Å²) in [5.74, 6) is 0.343. The van der Waals surface area contributed by atoms with Gasteiger partial charge in [-0.2, -0.15) is 0 Å². The molecule has 0 aliphatic heterocycles. The van der Waals surface area contributed by atoms with Crippen LogP contribution in [0.2, 0.25) is 5.02 Å². The zero-order chi connectivity index (χ0) is 13.9. The first-order valence-corrected chi connectivity index (χ1v) is 6.47. The number of ether oxygens (including phenoxy) is 1. The number of carbonyl (C=O) groups excluding carboxylic acids is 1. The third-order valence-electron chi connectivity index (χ3n) is 2.24. The molecule has 0 radical (unpaired) electrons. The number of amides is 1. The minimum Gasteiger partial charge on any atom is -0.443 e. The summed E-state index contributed by atoms with van der Waals surface area (Å²) >= 11 is 11.8. The highest BCUT2D eigenvalue weighted by molar-refractivity contribution is 6.32. The Morgan fingerprint density at radius 2 is 2.00 bits per heavy atom. The normalized spacial score (nSPS) is 11.2. The van der Waals surface area contributed by atoms with Gasteiger partial charge in [0.05, 0.1) is 0 Å². The maximum absolute atomic E-state index is 11.9. The molecule has 0 heterocycles. The van der Waals surface area contributed by atoms with Gasteiger partial charge in [0.15, 0.2) is 0 Å². The van der Waals surface area contributed by atoms with E-state index in [0.717, 1.165) is 5.56 Å². The zero-order valence-electron chi connectivity index (χ0n) is 11.0. The van der Waals surface area contributed by atoms with Crippen molar-refractivity contribution < 1.29 is 9.53 Å². The summed E-state index contributed by atoms with van der Waals surface area (Å²) in [4.78, 5) is 13.3. The molecule has 0 aliphatic rings. The van der Waals surface area contributed by atoms with E-state index in [1.54, 1.807) is 25.2 Å². The number of halogens is 2. The number of hydrogen-bond acceptors (Lipinski definition) is 2. The van der Waals surface area contributed by atoms with Gasteiger partial charge < -0.3 is 4.74 Å². The number of benzene rings is 1. The molecule has 0 fully saturated rings. The van der Waals surface area contributed by atoms with Crippen LogP contribution < -0.4 is 4.90 Å². The van der Waals surface area contributed by atoms with Crippen molar-refractivity contribution in [2.45, 2.75) is 32.3 Å². The van der Waals surface area contributed by atoms with Gasteiger partial charge in [-0.15, -0.1) is 11.6 Å². The SMILES string of the molecule is CN(C(=O)OC(C)(C)C)c1ccc(CCl)c(Cl)c1. The van der Waals surface area contributed by atoms with Gasteiger partial charge in [-0.25, -0.2) is 4.79 Å². The van der Waals surface area contributed by atoms with Crippen LogP contribution in [0.5, 0.6) is 0 Å². The van der Waals surface area contributed by atoms with Crippen molar-refractivity contribution in [3.8, 4) is 0 Å². The average Bonchev–Trinajstić information content (AvgIpc) is 2.25. The highest BCUT2D eigenvalue weighted by Crippen LogP contribution is 2.25. The molecule has 100 valence electrons. The van der Waals surface area contributed by atoms with Crippen LogP contribution in [0.15, 0.2) is 18.2 Å². The third kappa shape index (κ3) is 4.07. The fourth-order valence-corrected chi connectivity index (χ4v) is 1.83. The van der Waals surface area contributed by atoms with Crippen molar-refractivity contribution in [2.75, 3.05) is 11.9 Å². The van der Waals surface area contributed by atoms with Gasteiger partial charge in [-0.05, 0) is 38.5 Å². The van der Waals surface area contributed by atoms with Crippen molar-refractivity contribution in [2.24, 2.45) is 0 Å². The largest absolute Gasteiger partial charge is 0.443 e. The lowest BCUT2D eigenvalue weighted by Gasteiger charge is -2.24. The number of hydrogen-bond donors (Lipinski definition) is 0. The molecule has 0 N–H and O–H groups in total. The molecule has 3 nitrogen and oxygen atoms in total. The first kappa shape index (κ1) is 15.1. The van der Waals surface area contributed by atoms with Gasteiger partial charge in [0.1, 0.15) is 5.60 Å². The fraction of sp³-hybridized carbons (Fsp3) is 0.462. The van der Waals surface area contributed by atoms with Gasteiger partial charge in [-0.3, -0.25) is 4.90 Å². The molecule has 0 atom stereocenters. The van der Waals surface area contributed by atoms with E-state index in [9.17, 15) is 4.79 Å². The summed E-state index contributed by atoms with van der Waals surface area (Å²) in [6.07, 6.45) is -0.419. The summed E-state index contributed by atoms with van der Waals surface area (Å²) in [5, 5.41) is 0.540. The maximum Gasteiger partial charge on any atom is 0.414 e. The Hall–Kier alpha value is -0.930. The van der Waals surface area contributed by atoms with Gasteiger partial charge in [0, 0.05) is 23.6 Å². The Balaban J connectivity index is 2.87. The lowest BCUT2D eigenvalue weighted by molar-refractivity contribution is 0.0589. The summed E-state index contributed by atoms with van der Waals surface area (Å²) in [6.45, 7) is 5.47. The Labute approximate surface area is 118 Å². The molecule has 0 aromatic heterocycles. The van der Waals surface area contributed by atoms with Crippen molar-refractivity contribution in [3.63, 3.8) is 0 Å². The van der Waals surface area contributed by atoms with Crippen LogP contribution >= 0.6 is 23.2 Å². The second-order valence-corrected chi connectivity index (χ2v) is 5.62. The molecule has 0 spiro atoms. The number of nitrogens with zero attached hydrogens (tertiary/aromatic N) is 1. The Bertz CT molecular complexity index is 441. The summed E-state index contributed by atoms with van der Waals surface area (Å²) in [5.41, 5.74) is 0.980. The summed E-state index contributed by atoms with van der Waals surface area (Å²) in [7, 11) is 1.64. The number of carbonyl (C=O) groups is 1. The predicted octanol–water partition coefficient (Wildman–Crippen LogP) is 4.45. The van der Waals surface area contributed by atoms with Crippen molar-refractivity contribution in [3.05, 3.63) is 28.8 Å². The van der Waals surface area contributed by atoms with E-state index < -0.39 is 11.7 Å². The molecule has 0 aliphatic carbocycles. The van der Waals surface area contributed by atoms with Gasteiger partial charge in [0.25, 0.3) is 0 Å². The van der Waals surface area contributed by atoms with Gasteiger partial charge in [-0.1, -0.05) is 17.7 Å². The van der Waals surface area contributed by atoms with Crippen LogP contribution in [0.3, 0.4) is 0 Å². The molecule has 5 heteroatoms. The number of rotatable bonds is 2. The van der Waals surface area contributed by atoms with E-state index in [2.05, 4.69) is 0 Å².